The van der Waals surface area contributed by atoms with E-state index >= 15 is 0 Å². The number of hydrogen-bond acceptors (Lipinski definition) is 4. The third-order valence-corrected chi connectivity index (χ3v) is 4.97. The third-order valence-electron chi connectivity index (χ3n) is 4.72. The van der Waals surface area contributed by atoms with Crippen molar-refractivity contribution >= 4 is 29.7 Å². The van der Waals surface area contributed by atoms with E-state index in [9.17, 15) is 0 Å². The van der Waals surface area contributed by atoms with Gasteiger partial charge in [-0.1, -0.05) is 17.7 Å². The van der Waals surface area contributed by atoms with Gasteiger partial charge in [-0.3, -0.25) is 4.90 Å². The van der Waals surface area contributed by atoms with Gasteiger partial charge < -0.3 is 14.4 Å². The van der Waals surface area contributed by atoms with Crippen LogP contribution in [0.3, 0.4) is 0 Å². The van der Waals surface area contributed by atoms with Crippen LogP contribution in [-0.4, -0.2) is 44.4 Å². The maximum Gasteiger partial charge on any atom is 0.231 e. The number of halogens is 2. The lowest BCUT2D eigenvalue weighted by Crippen LogP contribution is -2.46. The highest BCUT2D eigenvalue weighted by Gasteiger charge is 2.18. The van der Waals surface area contributed by atoms with E-state index in [-0.39, 0.29) is 12.4 Å². The molecule has 2 aromatic carbocycles. The van der Waals surface area contributed by atoms with Gasteiger partial charge >= 0.3 is 0 Å². The Balaban J connectivity index is 0.00000182. The second kappa shape index (κ2) is 8.17. The summed E-state index contributed by atoms with van der Waals surface area (Å²) in [6, 6.07) is 14.4. The normalized spacial score (nSPS) is 16.6. The van der Waals surface area contributed by atoms with Gasteiger partial charge in [0.1, 0.15) is 0 Å². The van der Waals surface area contributed by atoms with Crippen LogP contribution < -0.4 is 14.4 Å². The maximum atomic E-state index is 5.96. The Labute approximate surface area is 159 Å². The Hall–Kier alpha value is -1.62. The van der Waals surface area contributed by atoms with Crippen LogP contribution in [0.2, 0.25) is 5.02 Å². The molecule has 1 fully saturated rings. The minimum absolute atomic E-state index is 0. The summed E-state index contributed by atoms with van der Waals surface area (Å²) in [5, 5.41) is 0.793. The lowest BCUT2D eigenvalue weighted by molar-refractivity contribution is 0.174. The summed E-state index contributed by atoms with van der Waals surface area (Å²) in [7, 11) is 0. The highest BCUT2D eigenvalue weighted by molar-refractivity contribution is 6.30. The molecule has 4 rings (SSSR count). The summed E-state index contributed by atoms with van der Waals surface area (Å²) in [6.45, 7) is 5.71. The summed E-state index contributed by atoms with van der Waals surface area (Å²) in [5.41, 5.74) is 2.56. The molecule has 0 aromatic heterocycles. The molecule has 0 saturated carbocycles. The van der Waals surface area contributed by atoms with E-state index in [1.165, 1.54) is 11.3 Å². The van der Waals surface area contributed by atoms with Gasteiger partial charge in [0.05, 0.1) is 0 Å². The number of hydrogen-bond donors (Lipinski definition) is 0. The number of benzene rings is 2. The Morgan fingerprint density at radius 2 is 1.60 bits per heavy atom. The van der Waals surface area contributed by atoms with Crippen LogP contribution >= 0.6 is 24.0 Å². The number of ether oxygens (including phenoxy) is 2. The van der Waals surface area contributed by atoms with Gasteiger partial charge in [0.15, 0.2) is 11.5 Å². The lowest BCUT2D eigenvalue weighted by Gasteiger charge is -2.36. The van der Waals surface area contributed by atoms with Gasteiger partial charge in [0.25, 0.3) is 0 Å². The molecule has 2 aliphatic rings. The first-order valence-corrected chi connectivity index (χ1v) is 8.77. The number of anilines is 1. The SMILES string of the molecule is Cl.Clc1ccc(N2CCN(CCc3ccc4c(c3)OCO4)CC2)cc1. The first-order valence-electron chi connectivity index (χ1n) is 8.39. The van der Waals surface area contributed by atoms with Crippen LogP contribution in [0.1, 0.15) is 5.56 Å². The molecule has 0 bridgehead atoms. The molecule has 6 heteroatoms. The Morgan fingerprint density at radius 1 is 0.880 bits per heavy atom. The monoisotopic (exact) mass is 380 g/mol. The fraction of sp³-hybridized carbons (Fsp3) is 0.368. The van der Waals surface area contributed by atoms with Crippen LogP contribution in [-0.2, 0) is 6.42 Å². The van der Waals surface area contributed by atoms with E-state index in [0.717, 1.165) is 55.7 Å². The van der Waals surface area contributed by atoms with Crippen molar-refractivity contribution in [2.45, 2.75) is 6.42 Å². The van der Waals surface area contributed by atoms with E-state index in [2.05, 4.69) is 34.1 Å². The molecule has 1 saturated heterocycles. The minimum atomic E-state index is 0. The molecule has 0 atom stereocenters. The molecule has 0 aliphatic carbocycles. The molecule has 0 N–H and O–H groups in total. The summed E-state index contributed by atoms with van der Waals surface area (Å²) >= 11 is 5.96. The van der Waals surface area contributed by atoms with Gasteiger partial charge in [-0.25, -0.2) is 0 Å². The standard InChI is InChI=1S/C19H21ClN2O2.ClH/c20-16-2-4-17(5-3-16)22-11-9-21(10-12-22)8-7-15-1-6-18-19(13-15)24-14-23-18;/h1-6,13H,7-12,14H2;1H. The molecule has 4 nitrogen and oxygen atoms in total. The quantitative estimate of drug-likeness (QED) is 0.803. The zero-order valence-corrected chi connectivity index (χ0v) is 15.6. The van der Waals surface area contributed by atoms with Crippen molar-refractivity contribution in [2.24, 2.45) is 0 Å². The first-order chi connectivity index (χ1) is 11.8. The summed E-state index contributed by atoms with van der Waals surface area (Å²) in [5.74, 6) is 1.73. The van der Waals surface area contributed by atoms with Crippen molar-refractivity contribution in [3.63, 3.8) is 0 Å². The van der Waals surface area contributed by atoms with Crippen molar-refractivity contribution < 1.29 is 9.47 Å². The molecular formula is C19H22Cl2N2O2. The molecule has 2 aliphatic heterocycles. The van der Waals surface area contributed by atoms with Crippen molar-refractivity contribution in [3.8, 4) is 11.5 Å². The lowest BCUT2D eigenvalue weighted by atomic mass is 10.1. The summed E-state index contributed by atoms with van der Waals surface area (Å²) in [4.78, 5) is 4.95. The Kier molecular flexibility index (Phi) is 5.94. The maximum absolute atomic E-state index is 5.96. The fourth-order valence-corrected chi connectivity index (χ4v) is 3.39. The van der Waals surface area contributed by atoms with Crippen LogP contribution in [0, 0.1) is 0 Å². The van der Waals surface area contributed by atoms with Crippen molar-refractivity contribution in [1.82, 2.24) is 4.90 Å². The fourth-order valence-electron chi connectivity index (χ4n) is 3.27. The van der Waals surface area contributed by atoms with Gasteiger partial charge in [-0.15, -0.1) is 12.4 Å². The van der Waals surface area contributed by atoms with E-state index in [4.69, 9.17) is 21.1 Å². The molecular weight excluding hydrogens is 359 g/mol. The van der Waals surface area contributed by atoms with Gasteiger partial charge in [-0.05, 0) is 48.4 Å². The first kappa shape index (κ1) is 18.2. The van der Waals surface area contributed by atoms with E-state index in [0.29, 0.717) is 6.79 Å². The molecule has 2 aromatic rings. The molecule has 2 heterocycles. The summed E-state index contributed by atoms with van der Waals surface area (Å²) in [6.07, 6.45) is 1.04. The second-order valence-corrected chi connectivity index (χ2v) is 6.68. The van der Waals surface area contributed by atoms with Gasteiger partial charge in [0, 0.05) is 43.4 Å². The number of nitrogens with zero attached hydrogens (tertiary/aromatic N) is 2. The Morgan fingerprint density at radius 3 is 2.36 bits per heavy atom. The van der Waals surface area contributed by atoms with Gasteiger partial charge in [0.2, 0.25) is 6.79 Å². The van der Waals surface area contributed by atoms with Crippen molar-refractivity contribution in [2.75, 3.05) is 44.4 Å². The predicted octanol–water partition coefficient (Wildman–Crippen LogP) is 3.86. The highest BCUT2D eigenvalue weighted by Crippen LogP contribution is 2.32. The Bertz CT molecular complexity index is 701. The third kappa shape index (κ3) is 4.32. The van der Waals surface area contributed by atoms with E-state index in [1.807, 2.05) is 18.2 Å². The second-order valence-electron chi connectivity index (χ2n) is 6.24. The van der Waals surface area contributed by atoms with Crippen LogP contribution in [0.5, 0.6) is 11.5 Å². The average molecular weight is 381 g/mol. The molecule has 0 spiro atoms. The number of fused-ring (bicyclic) bond motifs is 1. The molecule has 25 heavy (non-hydrogen) atoms. The average Bonchev–Trinajstić information content (AvgIpc) is 3.09. The van der Waals surface area contributed by atoms with Gasteiger partial charge in [-0.2, -0.15) is 0 Å². The minimum Gasteiger partial charge on any atom is -0.454 e. The molecule has 134 valence electrons. The van der Waals surface area contributed by atoms with Crippen LogP contribution in [0.15, 0.2) is 42.5 Å². The smallest absolute Gasteiger partial charge is 0.231 e. The predicted molar refractivity (Wildman–Crippen MR) is 104 cm³/mol. The topological polar surface area (TPSA) is 24.9 Å². The van der Waals surface area contributed by atoms with Crippen LogP contribution in [0.25, 0.3) is 0 Å². The van der Waals surface area contributed by atoms with Crippen molar-refractivity contribution in [3.05, 3.63) is 53.1 Å². The molecule has 0 amide bonds. The van der Waals surface area contributed by atoms with E-state index < -0.39 is 0 Å². The van der Waals surface area contributed by atoms with Crippen molar-refractivity contribution in [1.29, 1.82) is 0 Å². The number of piperazine rings is 1. The number of rotatable bonds is 4. The summed E-state index contributed by atoms with van der Waals surface area (Å²) < 4.78 is 10.8. The zero-order valence-electron chi connectivity index (χ0n) is 14.0. The highest BCUT2D eigenvalue weighted by atomic mass is 35.5. The molecule has 0 unspecified atom stereocenters. The largest absolute Gasteiger partial charge is 0.454 e. The van der Waals surface area contributed by atoms with Crippen LogP contribution in [0.4, 0.5) is 5.69 Å². The van der Waals surface area contributed by atoms with E-state index in [1.54, 1.807) is 0 Å². The zero-order chi connectivity index (χ0) is 16.4. The molecule has 0 radical (unpaired) electrons.